The van der Waals surface area contributed by atoms with Gasteiger partial charge in [0.15, 0.2) is 11.3 Å². The number of furan rings is 1. The van der Waals surface area contributed by atoms with Crippen molar-refractivity contribution in [1.82, 2.24) is 0 Å². The van der Waals surface area contributed by atoms with Crippen LogP contribution in [0.25, 0.3) is 11.0 Å². The SMILES string of the molecule is NCC[C@@]([Si])(Oc1cccc2ccoc12)c1cccs1. The number of nitrogens with two attached hydrogens (primary N) is 1. The first-order valence-corrected chi connectivity index (χ1v) is 7.75. The van der Waals surface area contributed by atoms with Gasteiger partial charge in [0.05, 0.1) is 16.5 Å². The number of hydrogen-bond acceptors (Lipinski definition) is 4. The summed E-state index contributed by atoms with van der Waals surface area (Å²) in [7, 11) is 3.77. The second-order valence-electron chi connectivity index (χ2n) is 4.54. The molecule has 3 aromatic rings. The van der Waals surface area contributed by atoms with Crippen LogP contribution in [0, 0.1) is 0 Å². The second kappa shape index (κ2) is 5.44. The van der Waals surface area contributed by atoms with E-state index in [2.05, 4.69) is 10.2 Å². The lowest BCUT2D eigenvalue weighted by Crippen LogP contribution is -2.35. The molecule has 2 heterocycles. The van der Waals surface area contributed by atoms with Gasteiger partial charge < -0.3 is 14.9 Å². The van der Waals surface area contributed by atoms with Gasteiger partial charge in [-0.25, -0.2) is 0 Å². The Morgan fingerprint density at radius 3 is 2.90 bits per heavy atom. The van der Waals surface area contributed by atoms with Crippen molar-refractivity contribution in [3.63, 3.8) is 0 Å². The van der Waals surface area contributed by atoms with Crippen molar-refractivity contribution >= 4 is 32.5 Å². The lowest BCUT2D eigenvalue weighted by Gasteiger charge is -2.29. The lowest BCUT2D eigenvalue weighted by molar-refractivity contribution is 0.153. The summed E-state index contributed by atoms with van der Waals surface area (Å²) in [6.45, 7) is 0.523. The summed E-state index contributed by atoms with van der Waals surface area (Å²) in [6.07, 6.45) is 2.34. The molecule has 2 aromatic heterocycles. The summed E-state index contributed by atoms with van der Waals surface area (Å²) >= 11 is 1.64. The second-order valence-corrected chi connectivity index (χ2v) is 6.30. The third-order valence-electron chi connectivity index (χ3n) is 3.14. The first-order chi connectivity index (χ1) is 9.73. The van der Waals surface area contributed by atoms with E-state index in [4.69, 9.17) is 14.9 Å². The number of fused-ring (bicyclic) bond motifs is 1. The zero-order chi connectivity index (χ0) is 14.0. The molecular weight excluding hydrogens is 286 g/mol. The predicted molar refractivity (Wildman–Crippen MR) is 82.3 cm³/mol. The van der Waals surface area contributed by atoms with Gasteiger partial charge in [-0.15, -0.1) is 11.3 Å². The minimum Gasteiger partial charge on any atom is -0.483 e. The minimum atomic E-state index is -0.621. The van der Waals surface area contributed by atoms with Crippen LogP contribution in [0.5, 0.6) is 5.75 Å². The van der Waals surface area contributed by atoms with Crippen LogP contribution in [0.1, 0.15) is 11.3 Å². The van der Waals surface area contributed by atoms with E-state index in [1.807, 2.05) is 41.8 Å². The van der Waals surface area contributed by atoms with E-state index >= 15 is 0 Å². The Morgan fingerprint density at radius 1 is 1.25 bits per heavy atom. The van der Waals surface area contributed by atoms with Crippen molar-refractivity contribution in [3.05, 3.63) is 52.9 Å². The fourth-order valence-corrected chi connectivity index (χ4v) is 3.48. The quantitative estimate of drug-likeness (QED) is 0.736. The van der Waals surface area contributed by atoms with Gasteiger partial charge in [-0.3, -0.25) is 0 Å². The number of thiophene rings is 1. The molecule has 0 saturated heterocycles. The lowest BCUT2D eigenvalue weighted by atomic mass is 10.2. The topological polar surface area (TPSA) is 48.4 Å². The van der Waals surface area contributed by atoms with Gasteiger partial charge in [0.1, 0.15) is 5.22 Å². The Hall–Kier alpha value is -1.56. The van der Waals surface area contributed by atoms with Crippen LogP contribution in [-0.4, -0.2) is 16.8 Å². The molecule has 20 heavy (non-hydrogen) atoms. The maximum Gasteiger partial charge on any atom is 0.175 e. The highest BCUT2D eigenvalue weighted by molar-refractivity contribution is 7.10. The molecule has 0 aliphatic carbocycles. The average Bonchev–Trinajstić information content (AvgIpc) is 3.11. The highest BCUT2D eigenvalue weighted by Gasteiger charge is 2.30. The minimum absolute atomic E-state index is 0.523. The fourth-order valence-electron chi connectivity index (χ4n) is 2.17. The van der Waals surface area contributed by atoms with Crippen molar-refractivity contribution in [2.24, 2.45) is 5.73 Å². The molecule has 0 saturated carbocycles. The van der Waals surface area contributed by atoms with Crippen LogP contribution in [0.3, 0.4) is 0 Å². The van der Waals surface area contributed by atoms with Crippen LogP contribution < -0.4 is 10.5 Å². The van der Waals surface area contributed by atoms with Gasteiger partial charge in [-0.05, 0) is 30.1 Å². The molecular formula is C15H14NO2SSi. The smallest absolute Gasteiger partial charge is 0.175 e. The summed E-state index contributed by atoms with van der Waals surface area (Å²) in [5.74, 6) is 0.712. The van der Waals surface area contributed by atoms with Crippen LogP contribution in [0.15, 0.2) is 52.5 Å². The van der Waals surface area contributed by atoms with E-state index in [0.29, 0.717) is 18.7 Å². The number of ether oxygens (including phenoxy) is 1. The van der Waals surface area contributed by atoms with E-state index in [0.717, 1.165) is 15.8 Å². The molecule has 0 spiro atoms. The summed E-state index contributed by atoms with van der Waals surface area (Å²) < 4.78 is 11.7. The molecule has 0 bridgehead atoms. The monoisotopic (exact) mass is 300 g/mol. The van der Waals surface area contributed by atoms with Crippen molar-refractivity contribution < 1.29 is 9.15 Å². The summed E-state index contributed by atoms with van der Waals surface area (Å²) in [6, 6.07) is 11.8. The number of para-hydroxylation sites is 1. The molecule has 3 radical (unpaired) electrons. The average molecular weight is 300 g/mol. The van der Waals surface area contributed by atoms with E-state index in [9.17, 15) is 0 Å². The molecule has 0 unspecified atom stereocenters. The standard InChI is InChI=1S/C15H14NO2SSi/c16-8-7-15(20,13-5-2-10-19-13)18-12-4-1-3-11-6-9-17-14(11)12/h1-6,9-10H,7-8,16H2/t15-/m0/s1. The van der Waals surface area contributed by atoms with Crippen LogP contribution in [0.2, 0.25) is 0 Å². The molecule has 0 aliphatic rings. The van der Waals surface area contributed by atoms with Crippen molar-refractivity contribution in [3.8, 4) is 5.75 Å². The van der Waals surface area contributed by atoms with Crippen molar-refractivity contribution in [2.75, 3.05) is 6.54 Å². The third-order valence-corrected chi connectivity index (χ3v) is 4.96. The molecule has 101 valence electrons. The largest absolute Gasteiger partial charge is 0.483 e. The van der Waals surface area contributed by atoms with Gasteiger partial charge in [0.25, 0.3) is 0 Å². The van der Waals surface area contributed by atoms with Crippen molar-refractivity contribution in [2.45, 2.75) is 11.6 Å². The van der Waals surface area contributed by atoms with Crippen LogP contribution in [-0.2, 0) is 5.22 Å². The molecule has 0 fully saturated rings. The summed E-state index contributed by atoms with van der Waals surface area (Å²) in [4.78, 5) is 1.09. The van der Waals surface area contributed by atoms with E-state index < -0.39 is 5.22 Å². The third kappa shape index (κ3) is 2.40. The number of benzene rings is 1. The zero-order valence-electron chi connectivity index (χ0n) is 10.8. The highest BCUT2D eigenvalue weighted by Crippen LogP contribution is 2.35. The Labute approximate surface area is 124 Å². The maximum atomic E-state index is 6.21. The van der Waals surface area contributed by atoms with Crippen LogP contribution >= 0.6 is 11.3 Å². The van der Waals surface area contributed by atoms with Crippen molar-refractivity contribution in [1.29, 1.82) is 0 Å². The highest BCUT2D eigenvalue weighted by atomic mass is 32.1. The van der Waals surface area contributed by atoms with E-state index in [-0.39, 0.29) is 0 Å². The molecule has 3 nitrogen and oxygen atoms in total. The Morgan fingerprint density at radius 2 is 2.15 bits per heavy atom. The number of rotatable bonds is 5. The maximum absolute atomic E-state index is 6.21. The summed E-state index contributed by atoms with van der Waals surface area (Å²) in [5, 5.41) is 2.43. The molecule has 0 amide bonds. The van der Waals surface area contributed by atoms with Gasteiger partial charge in [-0.2, -0.15) is 0 Å². The Bertz CT molecular complexity index is 695. The van der Waals surface area contributed by atoms with Gasteiger partial charge in [0, 0.05) is 16.7 Å². The first-order valence-electron chi connectivity index (χ1n) is 6.37. The molecule has 5 heteroatoms. The molecule has 1 aromatic carbocycles. The molecule has 2 N–H and O–H groups in total. The zero-order valence-corrected chi connectivity index (χ0v) is 12.7. The first kappa shape index (κ1) is 13.4. The van der Waals surface area contributed by atoms with E-state index in [1.165, 1.54) is 0 Å². The molecule has 0 aliphatic heterocycles. The molecule has 3 rings (SSSR count). The summed E-state index contributed by atoms with van der Waals surface area (Å²) in [5.41, 5.74) is 6.49. The van der Waals surface area contributed by atoms with Gasteiger partial charge in [0.2, 0.25) is 0 Å². The van der Waals surface area contributed by atoms with Gasteiger partial charge in [-0.1, -0.05) is 18.2 Å². The van der Waals surface area contributed by atoms with Gasteiger partial charge >= 0.3 is 0 Å². The predicted octanol–water partition coefficient (Wildman–Crippen LogP) is 3.24. The molecule has 1 atom stereocenters. The number of hydrogen-bond donors (Lipinski definition) is 1. The van der Waals surface area contributed by atoms with E-state index in [1.54, 1.807) is 17.6 Å². The Balaban J connectivity index is 2.00. The van der Waals surface area contributed by atoms with Crippen LogP contribution in [0.4, 0.5) is 0 Å². The fraction of sp³-hybridized carbons (Fsp3) is 0.200. The Kier molecular flexibility index (Phi) is 3.65. The normalized spacial score (nSPS) is 14.3.